The first-order chi connectivity index (χ1) is 16.9. The summed E-state index contributed by atoms with van der Waals surface area (Å²) in [4.78, 5) is 49.5. The molecule has 2 unspecified atom stereocenters. The number of aromatic hydroxyl groups is 1. The van der Waals surface area contributed by atoms with Gasteiger partial charge in [-0.25, -0.2) is 4.79 Å². The summed E-state index contributed by atoms with van der Waals surface area (Å²) < 4.78 is 10.9. The molecule has 2 N–H and O–H groups in total. The SMILES string of the molecule is CCCN(Cc1ccc(Oc2ccccc2)cc1)C(=O)OC(=O)C1CCC1Nc1c(O)c(=O)c1=O. The Kier molecular flexibility index (Phi) is 7.14. The zero-order chi connectivity index (χ0) is 24.9. The molecular weight excluding hydrogens is 452 g/mol. The third-order valence-corrected chi connectivity index (χ3v) is 6.01. The minimum absolute atomic E-state index is 0.184. The van der Waals surface area contributed by atoms with Crippen molar-refractivity contribution in [2.75, 3.05) is 11.9 Å². The fraction of sp³-hybridized carbons (Fsp3) is 0.308. The van der Waals surface area contributed by atoms with Crippen LogP contribution < -0.4 is 20.9 Å². The molecule has 1 saturated carbocycles. The number of esters is 1. The van der Waals surface area contributed by atoms with Crippen LogP contribution in [0.4, 0.5) is 10.5 Å². The van der Waals surface area contributed by atoms with Crippen molar-refractivity contribution in [3.63, 3.8) is 0 Å². The van der Waals surface area contributed by atoms with Crippen LogP contribution in [0, 0.1) is 5.92 Å². The lowest BCUT2D eigenvalue weighted by Gasteiger charge is -2.36. The number of benzene rings is 2. The molecule has 0 aromatic heterocycles. The molecule has 2 atom stereocenters. The van der Waals surface area contributed by atoms with Gasteiger partial charge in [0.1, 0.15) is 17.2 Å². The molecular formula is C26H26N2O7. The molecule has 1 aliphatic rings. The van der Waals surface area contributed by atoms with E-state index < -0.39 is 40.6 Å². The van der Waals surface area contributed by atoms with Gasteiger partial charge in [-0.3, -0.25) is 14.4 Å². The topological polar surface area (TPSA) is 122 Å². The van der Waals surface area contributed by atoms with Crippen molar-refractivity contribution in [1.29, 1.82) is 0 Å². The number of para-hydroxylation sites is 1. The second kappa shape index (κ2) is 10.4. The van der Waals surface area contributed by atoms with Crippen LogP contribution in [-0.4, -0.2) is 34.7 Å². The van der Waals surface area contributed by atoms with Crippen molar-refractivity contribution in [2.45, 2.75) is 38.8 Å². The number of anilines is 1. The molecule has 1 fully saturated rings. The predicted molar refractivity (Wildman–Crippen MR) is 128 cm³/mol. The van der Waals surface area contributed by atoms with Gasteiger partial charge in [-0.05, 0) is 49.1 Å². The molecule has 0 bridgehead atoms. The van der Waals surface area contributed by atoms with E-state index >= 15 is 0 Å². The minimum atomic E-state index is -0.948. The first kappa shape index (κ1) is 24.0. The van der Waals surface area contributed by atoms with Crippen LogP contribution in [-0.2, 0) is 16.1 Å². The molecule has 3 aromatic carbocycles. The van der Waals surface area contributed by atoms with Crippen LogP contribution >= 0.6 is 0 Å². The number of hydrogen-bond acceptors (Lipinski definition) is 8. The highest BCUT2D eigenvalue weighted by Crippen LogP contribution is 2.33. The molecule has 9 nitrogen and oxygen atoms in total. The molecule has 9 heteroatoms. The van der Waals surface area contributed by atoms with Crippen LogP contribution in [0.1, 0.15) is 31.7 Å². The van der Waals surface area contributed by atoms with Gasteiger partial charge in [-0.15, -0.1) is 0 Å². The third kappa shape index (κ3) is 5.34. The van der Waals surface area contributed by atoms with E-state index in [9.17, 15) is 24.3 Å². The average Bonchev–Trinajstić information content (AvgIpc) is 2.84. The van der Waals surface area contributed by atoms with Crippen molar-refractivity contribution in [1.82, 2.24) is 4.90 Å². The fourth-order valence-electron chi connectivity index (χ4n) is 3.89. The summed E-state index contributed by atoms with van der Waals surface area (Å²) in [7, 11) is 0. The van der Waals surface area contributed by atoms with Gasteiger partial charge in [0.2, 0.25) is 0 Å². The first-order valence-electron chi connectivity index (χ1n) is 11.5. The summed E-state index contributed by atoms with van der Waals surface area (Å²) >= 11 is 0. The highest BCUT2D eigenvalue weighted by atomic mass is 16.6. The molecule has 35 heavy (non-hydrogen) atoms. The second-order valence-electron chi connectivity index (χ2n) is 8.48. The number of ether oxygens (including phenoxy) is 2. The van der Waals surface area contributed by atoms with Gasteiger partial charge in [0, 0.05) is 19.1 Å². The smallest absolute Gasteiger partial charge is 0.417 e. The van der Waals surface area contributed by atoms with Gasteiger partial charge in [0.15, 0.2) is 5.75 Å². The van der Waals surface area contributed by atoms with E-state index in [0.29, 0.717) is 31.6 Å². The maximum absolute atomic E-state index is 12.7. The standard InChI is InChI=1S/C26H26N2O7/c1-2-14-28(15-16-8-10-18(11-9-16)34-17-6-4-3-5-7-17)26(33)35-25(32)19-12-13-20(19)27-21-22(29)24(31)23(21)30/h3-11,19-20,27,29H,2,12-15H2,1H3. The van der Waals surface area contributed by atoms with Crippen molar-refractivity contribution >= 4 is 17.7 Å². The van der Waals surface area contributed by atoms with Gasteiger partial charge < -0.3 is 24.8 Å². The lowest BCUT2D eigenvalue weighted by Crippen LogP contribution is -2.48. The van der Waals surface area contributed by atoms with E-state index in [1.165, 1.54) is 4.90 Å². The number of amides is 1. The first-order valence-corrected chi connectivity index (χ1v) is 11.5. The van der Waals surface area contributed by atoms with Gasteiger partial charge in [-0.2, -0.15) is 0 Å². The van der Waals surface area contributed by atoms with Crippen LogP contribution in [0.25, 0.3) is 0 Å². The van der Waals surface area contributed by atoms with E-state index in [1.807, 2.05) is 61.5 Å². The molecule has 1 amide bonds. The van der Waals surface area contributed by atoms with Crippen molar-refractivity contribution in [3.05, 3.63) is 80.6 Å². The molecule has 0 radical (unpaired) electrons. The molecule has 0 aliphatic heterocycles. The molecule has 0 spiro atoms. The van der Waals surface area contributed by atoms with Gasteiger partial charge in [0.25, 0.3) is 10.9 Å². The Morgan fingerprint density at radius 1 is 1.00 bits per heavy atom. The number of rotatable bonds is 9. The van der Waals surface area contributed by atoms with Crippen LogP contribution in [0.2, 0.25) is 0 Å². The number of nitrogens with one attached hydrogen (secondary N) is 1. The quantitative estimate of drug-likeness (QED) is 0.272. The van der Waals surface area contributed by atoms with Crippen LogP contribution in [0.15, 0.2) is 64.2 Å². The highest BCUT2D eigenvalue weighted by molar-refractivity contribution is 5.87. The molecule has 3 aromatic rings. The zero-order valence-corrected chi connectivity index (χ0v) is 19.2. The van der Waals surface area contributed by atoms with E-state index in [1.54, 1.807) is 0 Å². The number of carbonyl (C=O) groups is 2. The highest BCUT2D eigenvalue weighted by Gasteiger charge is 2.40. The lowest BCUT2D eigenvalue weighted by atomic mass is 9.79. The van der Waals surface area contributed by atoms with Crippen molar-refractivity contribution in [2.24, 2.45) is 5.92 Å². The van der Waals surface area contributed by atoms with Crippen molar-refractivity contribution in [3.8, 4) is 17.2 Å². The van der Waals surface area contributed by atoms with Crippen LogP contribution in [0.5, 0.6) is 17.2 Å². The predicted octanol–water partition coefficient (Wildman–Crippen LogP) is 3.55. The molecule has 0 saturated heterocycles. The Morgan fingerprint density at radius 3 is 2.29 bits per heavy atom. The monoisotopic (exact) mass is 478 g/mol. The van der Waals surface area contributed by atoms with Crippen molar-refractivity contribution < 1.29 is 24.2 Å². The Bertz CT molecular complexity index is 1260. The maximum atomic E-state index is 12.7. The molecule has 182 valence electrons. The van der Waals surface area contributed by atoms with Gasteiger partial charge >= 0.3 is 12.1 Å². The van der Waals surface area contributed by atoms with Gasteiger partial charge in [-0.1, -0.05) is 37.3 Å². The Hall–Kier alpha value is -4.14. The molecule has 0 heterocycles. The number of nitrogens with zero attached hydrogens (tertiary/aromatic N) is 1. The normalized spacial score (nSPS) is 16.8. The van der Waals surface area contributed by atoms with Gasteiger partial charge in [0.05, 0.1) is 5.92 Å². The second-order valence-corrected chi connectivity index (χ2v) is 8.48. The largest absolute Gasteiger partial charge is 0.502 e. The number of hydrogen-bond donors (Lipinski definition) is 2. The summed E-state index contributed by atoms with van der Waals surface area (Å²) in [6, 6.07) is 16.2. The summed E-state index contributed by atoms with van der Waals surface area (Å²) in [6.07, 6.45) is 0.943. The fourth-order valence-corrected chi connectivity index (χ4v) is 3.89. The summed E-state index contributed by atoms with van der Waals surface area (Å²) in [5, 5.41) is 12.2. The lowest BCUT2D eigenvalue weighted by molar-refractivity contribution is -0.146. The number of carbonyl (C=O) groups excluding carboxylic acids is 2. The van der Waals surface area contributed by atoms with E-state index in [-0.39, 0.29) is 12.2 Å². The molecule has 1 aliphatic carbocycles. The summed E-state index contributed by atoms with van der Waals surface area (Å²) in [5.41, 5.74) is -1.10. The Labute approximate surface area is 201 Å². The summed E-state index contributed by atoms with van der Waals surface area (Å²) in [6.45, 7) is 2.58. The average molecular weight is 479 g/mol. The molecule has 4 rings (SSSR count). The third-order valence-electron chi connectivity index (χ3n) is 6.01. The maximum Gasteiger partial charge on any atom is 0.417 e. The minimum Gasteiger partial charge on any atom is -0.502 e. The summed E-state index contributed by atoms with van der Waals surface area (Å²) in [5.74, 6) is -0.598. The van der Waals surface area contributed by atoms with E-state index in [2.05, 4.69) is 5.32 Å². The zero-order valence-electron chi connectivity index (χ0n) is 19.2. The van der Waals surface area contributed by atoms with E-state index in [0.717, 1.165) is 11.3 Å². The Balaban J connectivity index is 1.33. The van der Waals surface area contributed by atoms with Crippen LogP contribution in [0.3, 0.4) is 0 Å². The Morgan fingerprint density at radius 2 is 1.69 bits per heavy atom. The van der Waals surface area contributed by atoms with E-state index in [4.69, 9.17) is 9.47 Å².